The van der Waals surface area contributed by atoms with Crippen LogP contribution in [0.5, 0.6) is 0 Å². The van der Waals surface area contributed by atoms with Gasteiger partial charge >= 0.3 is 5.97 Å². The first kappa shape index (κ1) is 23.2. The average molecular weight is 339 g/mol. The van der Waals surface area contributed by atoms with Crippen LogP contribution in [-0.2, 0) is 9.53 Å². The summed E-state index contributed by atoms with van der Waals surface area (Å²) in [6.07, 6.45) is 23.6. The second-order valence-corrected chi connectivity index (χ2v) is 7.22. The number of esters is 1. The van der Waals surface area contributed by atoms with Crippen molar-refractivity contribution in [3.8, 4) is 0 Å². The Morgan fingerprint density at radius 2 is 1.33 bits per heavy atom. The third kappa shape index (κ3) is 17.6. The smallest absolute Gasteiger partial charge is 0.305 e. The Morgan fingerprint density at radius 1 is 0.833 bits per heavy atom. The fourth-order valence-electron chi connectivity index (χ4n) is 2.84. The Bertz CT molecular complexity index is 296. The summed E-state index contributed by atoms with van der Waals surface area (Å²) in [6.45, 7) is 4.59. The van der Waals surface area contributed by atoms with Gasteiger partial charge in [-0.2, -0.15) is 0 Å². The van der Waals surface area contributed by atoms with Crippen molar-refractivity contribution in [1.29, 1.82) is 0 Å². The zero-order chi connectivity index (χ0) is 17.9. The van der Waals surface area contributed by atoms with Crippen molar-refractivity contribution >= 4 is 5.97 Å². The molecule has 0 heterocycles. The Kier molecular flexibility index (Phi) is 17.9. The van der Waals surface area contributed by atoms with Crippen LogP contribution in [0.3, 0.4) is 0 Å². The number of hydrogen-bond acceptors (Lipinski definition) is 2. The maximum Gasteiger partial charge on any atom is 0.305 e. The summed E-state index contributed by atoms with van der Waals surface area (Å²) in [5.41, 5.74) is 0. The van der Waals surface area contributed by atoms with Gasteiger partial charge in [-0.1, -0.05) is 90.2 Å². The van der Waals surface area contributed by atoms with Crippen molar-refractivity contribution in [1.82, 2.24) is 0 Å². The molecule has 2 heteroatoms. The molecule has 0 aliphatic rings. The van der Waals surface area contributed by atoms with Gasteiger partial charge in [0.15, 0.2) is 0 Å². The predicted octanol–water partition coefficient (Wildman–Crippen LogP) is 7.22. The lowest BCUT2D eigenvalue weighted by Gasteiger charge is -2.03. The lowest BCUT2D eigenvalue weighted by molar-refractivity contribution is -0.140. The van der Waals surface area contributed by atoms with Gasteiger partial charge in [0, 0.05) is 6.42 Å². The lowest BCUT2D eigenvalue weighted by Crippen LogP contribution is -1.99. The van der Waals surface area contributed by atoms with Crippen molar-refractivity contribution in [2.45, 2.75) is 110 Å². The summed E-state index contributed by atoms with van der Waals surface area (Å²) in [5.74, 6) is 0.773. The minimum atomic E-state index is -0.0685. The fourth-order valence-corrected chi connectivity index (χ4v) is 2.84. The Labute approximate surface area is 151 Å². The van der Waals surface area contributed by atoms with Gasteiger partial charge in [0.25, 0.3) is 0 Å². The molecule has 0 N–H and O–H groups in total. The highest BCUT2D eigenvalue weighted by atomic mass is 16.5. The molecule has 0 aliphatic carbocycles. The van der Waals surface area contributed by atoms with Crippen LogP contribution < -0.4 is 0 Å². The van der Waals surface area contributed by atoms with Crippen LogP contribution in [0.1, 0.15) is 110 Å². The molecule has 0 rings (SSSR count). The lowest BCUT2D eigenvalue weighted by atomic mass is 10.0. The summed E-state index contributed by atoms with van der Waals surface area (Å²) < 4.78 is 4.64. The minimum absolute atomic E-state index is 0.0685. The van der Waals surface area contributed by atoms with Crippen molar-refractivity contribution in [3.05, 3.63) is 12.2 Å². The molecular formula is C22H42O2. The second kappa shape index (κ2) is 18.5. The number of methoxy groups -OCH3 is 1. The van der Waals surface area contributed by atoms with Crippen molar-refractivity contribution in [3.63, 3.8) is 0 Å². The van der Waals surface area contributed by atoms with E-state index in [1.54, 1.807) is 0 Å². The zero-order valence-corrected chi connectivity index (χ0v) is 16.7. The standard InChI is InChI=1S/C22H42O2/c1-4-21(2)19-17-15-13-11-9-7-5-6-8-10-12-14-16-18-20-22(23)24-3/h15,17,21H,4-14,16,18-20H2,1-3H3/b17-15+. The molecule has 2 nitrogen and oxygen atoms in total. The second-order valence-electron chi connectivity index (χ2n) is 7.22. The number of carbonyl (C=O) groups excluding carboxylic acids is 1. The van der Waals surface area contributed by atoms with Crippen LogP contribution in [0.2, 0.25) is 0 Å². The first-order chi connectivity index (χ1) is 11.7. The van der Waals surface area contributed by atoms with Crippen LogP contribution in [0.15, 0.2) is 12.2 Å². The molecule has 0 saturated carbocycles. The summed E-state index contributed by atoms with van der Waals surface area (Å²) in [4.78, 5) is 11.0. The Balaban J connectivity index is 3.11. The highest BCUT2D eigenvalue weighted by molar-refractivity contribution is 5.68. The molecule has 0 radical (unpaired) electrons. The largest absolute Gasteiger partial charge is 0.469 e. The van der Waals surface area contributed by atoms with E-state index in [-0.39, 0.29) is 5.97 Å². The number of allylic oxidation sites excluding steroid dienone is 2. The predicted molar refractivity (Wildman–Crippen MR) is 105 cm³/mol. The first-order valence-corrected chi connectivity index (χ1v) is 10.4. The molecule has 0 fully saturated rings. The van der Waals surface area contributed by atoms with Gasteiger partial charge in [-0.15, -0.1) is 0 Å². The maximum atomic E-state index is 11.0. The molecule has 0 spiro atoms. The third-order valence-corrected chi connectivity index (χ3v) is 4.88. The van der Waals surface area contributed by atoms with Crippen LogP contribution in [0, 0.1) is 5.92 Å². The topological polar surface area (TPSA) is 26.3 Å². The van der Waals surface area contributed by atoms with Crippen molar-refractivity contribution in [2.24, 2.45) is 5.92 Å². The zero-order valence-electron chi connectivity index (χ0n) is 16.7. The van der Waals surface area contributed by atoms with Crippen LogP contribution in [-0.4, -0.2) is 13.1 Å². The monoisotopic (exact) mass is 338 g/mol. The van der Waals surface area contributed by atoms with E-state index in [9.17, 15) is 4.79 Å². The summed E-state index contributed by atoms with van der Waals surface area (Å²) in [7, 11) is 1.47. The molecule has 0 aliphatic heterocycles. The van der Waals surface area contributed by atoms with Gasteiger partial charge in [0.1, 0.15) is 0 Å². The molecule has 0 aromatic carbocycles. The van der Waals surface area contributed by atoms with Crippen molar-refractivity contribution < 1.29 is 9.53 Å². The van der Waals surface area contributed by atoms with Crippen LogP contribution in [0.4, 0.5) is 0 Å². The van der Waals surface area contributed by atoms with Gasteiger partial charge < -0.3 is 4.74 Å². The highest BCUT2D eigenvalue weighted by Crippen LogP contribution is 2.13. The maximum absolute atomic E-state index is 11.0. The van der Waals surface area contributed by atoms with Crippen molar-refractivity contribution in [2.75, 3.05) is 7.11 Å². The van der Waals surface area contributed by atoms with E-state index in [0.717, 1.165) is 12.3 Å². The molecule has 0 amide bonds. The molecule has 142 valence electrons. The number of unbranched alkanes of at least 4 members (excludes halogenated alkanes) is 11. The SMILES string of the molecule is CCC(C)C/C=C/CCCCCCCCCCCCCC(=O)OC. The Hall–Kier alpha value is -0.790. The molecule has 0 bridgehead atoms. The molecular weight excluding hydrogens is 296 g/mol. The Morgan fingerprint density at radius 3 is 1.83 bits per heavy atom. The highest BCUT2D eigenvalue weighted by Gasteiger charge is 1.99. The summed E-state index contributed by atoms with van der Waals surface area (Å²) >= 11 is 0. The molecule has 0 saturated heterocycles. The molecule has 0 aromatic heterocycles. The molecule has 1 unspecified atom stereocenters. The average Bonchev–Trinajstić information content (AvgIpc) is 2.60. The van der Waals surface area contributed by atoms with E-state index in [0.29, 0.717) is 6.42 Å². The van der Waals surface area contributed by atoms with E-state index < -0.39 is 0 Å². The molecule has 24 heavy (non-hydrogen) atoms. The molecule has 1 atom stereocenters. The summed E-state index contributed by atoms with van der Waals surface area (Å²) in [6, 6.07) is 0. The fraction of sp³-hybridized carbons (Fsp3) is 0.864. The van der Waals surface area contributed by atoms with Gasteiger partial charge in [-0.3, -0.25) is 4.79 Å². The van der Waals surface area contributed by atoms with E-state index in [1.165, 1.54) is 90.6 Å². The number of rotatable bonds is 17. The summed E-state index contributed by atoms with van der Waals surface area (Å²) in [5, 5.41) is 0. The van der Waals surface area contributed by atoms with E-state index in [2.05, 4.69) is 30.7 Å². The normalized spacial score (nSPS) is 12.6. The number of carbonyl (C=O) groups is 1. The van der Waals surface area contributed by atoms with E-state index >= 15 is 0 Å². The first-order valence-electron chi connectivity index (χ1n) is 10.4. The van der Waals surface area contributed by atoms with Gasteiger partial charge in [-0.25, -0.2) is 0 Å². The minimum Gasteiger partial charge on any atom is -0.469 e. The van der Waals surface area contributed by atoms with Crippen LogP contribution in [0.25, 0.3) is 0 Å². The van der Waals surface area contributed by atoms with Gasteiger partial charge in [0.05, 0.1) is 7.11 Å². The van der Waals surface area contributed by atoms with Gasteiger partial charge in [0.2, 0.25) is 0 Å². The van der Waals surface area contributed by atoms with Gasteiger partial charge in [-0.05, 0) is 31.6 Å². The van der Waals surface area contributed by atoms with E-state index in [1.807, 2.05) is 0 Å². The molecule has 0 aromatic rings. The number of hydrogen-bond donors (Lipinski definition) is 0. The van der Waals surface area contributed by atoms with E-state index in [4.69, 9.17) is 0 Å². The third-order valence-electron chi connectivity index (χ3n) is 4.88. The van der Waals surface area contributed by atoms with Crippen LogP contribution >= 0.6 is 0 Å². The quantitative estimate of drug-likeness (QED) is 0.159. The number of ether oxygens (including phenoxy) is 1.